The van der Waals surface area contributed by atoms with Crippen molar-refractivity contribution in [1.29, 1.82) is 0 Å². The van der Waals surface area contributed by atoms with E-state index in [1.54, 1.807) is 0 Å². The maximum absolute atomic E-state index is 14.7. The highest BCUT2D eigenvalue weighted by molar-refractivity contribution is 9.10. The van der Waals surface area contributed by atoms with Crippen molar-refractivity contribution in [2.75, 3.05) is 0 Å². The molecule has 0 aliphatic carbocycles. The van der Waals surface area contributed by atoms with Gasteiger partial charge in [0.2, 0.25) is 11.8 Å². The fourth-order valence-electron chi connectivity index (χ4n) is 5.75. The molecule has 28 heteroatoms. The number of alkyl halides is 7. The van der Waals surface area contributed by atoms with Crippen LogP contribution in [0.3, 0.4) is 0 Å². The van der Waals surface area contributed by atoms with Gasteiger partial charge in [-0.15, -0.1) is 10.2 Å². The second-order valence-corrected chi connectivity index (χ2v) is 17.8. The Hall–Kier alpha value is -4.94. The minimum Gasteiger partial charge on any atom is -0.481 e. The number of carboxylic acid groups (broad SMARTS) is 1. The molecule has 0 radical (unpaired) electrons. The van der Waals surface area contributed by atoms with E-state index in [2.05, 4.69) is 31.5 Å². The van der Waals surface area contributed by atoms with Gasteiger partial charge in [0.25, 0.3) is 11.8 Å². The number of halogens is 8. The van der Waals surface area contributed by atoms with Gasteiger partial charge in [0, 0.05) is 46.0 Å². The third-order valence-electron chi connectivity index (χ3n) is 9.16. The molecule has 0 saturated heterocycles. The molecule has 0 spiro atoms. The molecule has 4 amide bonds. The lowest BCUT2D eigenvalue weighted by Gasteiger charge is -2.32. The molecule has 0 bridgehead atoms. The zero-order valence-corrected chi connectivity index (χ0v) is 34.3. The van der Waals surface area contributed by atoms with E-state index in [1.807, 2.05) is 0 Å². The van der Waals surface area contributed by atoms with Gasteiger partial charge in [0.15, 0.2) is 0 Å². The summed E-state index contributed by atoms with van der Waals surface area (Å²) in [5, 5.41) is 17.3. The first kappa shape index (κ1) is 49.7. The first-order chi connectivity index (χ1) is 28.3. The summed E-state index contributed by atoms with van der Waals surface area (Å²) in [5.41, 5.74) is -5.46. The Labute approximate surface area is 352 Å². The van der Waals surface area contributed by atoms with Crippen molar-refractivity contribution >= 4 is 60.7 Å². The van der Waals surface area contributed by atoms with Gasteiger partial charge in [0.1, 0.15) is 12.1 Å². The monoisotopic (exact) mass is 990 g/mol. The fraction of sp³-hybridized carbons (Fsp3) is 0.324. The van der Waals surface area contributed by atoms with Crippen molar-refractivity contribution in [2.24, 2.45) is 21.7 Å². The maximum atomic E-state index is 14.7. The molecule has 1 heterocycles. The molecular formula is C34H32BrF7N6O12P2. The number of carbonyl (C=O) groups is 5. The molecule has 10 N–H and O–H groups in total. The second kappa shape index (κ2) is 18.0. The van der Waals surface area contributed by atoms with Crippen molar-refractivity contribution < 1.29 is 88.5 Å². The van der Waals surface area contributed by atoms with E-state index in [9.17, 15) is 63.8 Å². The first-order valence-electron chi connectivity index (χ1n) is 17.2. The quantitative estimate of drug-likeness (QED) is 0.0659. The Morgan fingerprint density at radius 1 is 0.790 bits per heavy atom. The molecule has 336 valence electrons. The predicted octanol–water partition coefficient (Wildman–Crippen LogP) is 4.07. The van der Waals surface area contributed by atoms with Crippen LogP contribution in [0.5, 0.6) is 0 Å². The summed E-state index contributed by atoms with van der Waals surface area (Å²) in [6, 6.07) is 1.69. The van der Waals surface area contributed by atoms with Crippen molar-refractivity contribution in [2.45, 2.75) is 67.0 Å². The largest absolute Gasteiger partial charge is 0.481 e. The summed E-state index contributed by atoms with van der Waals surface area (Å²) in [6.45, 7) is 0. The van der Waals surface area contributed by atoms with Gasteiger partial charge in [-0.25, -0.2) is 0 Å². The van der Waals surface area contributed by atoms with Crippen LogP contribution in [0.2, 0.25) is 0 Å². The van der Waals surface area contributed by atoms with Gasteiger partial charge in [-0.2, -0.15) is 30.7 Å². The topological polar surface area (TPSA) is 313 Å². The molecule has 3 aromatic carbocycles. The molecule has 18 nitrogen and oxygen atoms in total. The minimum absolute atomic E-state index is 0.0809. The van der Waals surface area contributed by atoms with E-state index in [4.69, 9.17) is 36.1 Å². The standard InChI is InChI=1S/C34H32BrF7N6O12P2/c35-22-14-18(13-21(15-22)31(46-47-31)34(40,41)42)29(53)48(25(27(44)51)12-17-3-7-20(8-4-17)33(38,39)62(58,59)60)30(54)24(45-28(52)23(43)9-10-26(49)50)11-16-1-5-19(6-2-16)32(36,37)61(55,56)57/h1-8,13-15,23-25H,9-12,43H2,(H2,44,51)(H,45,52)(H,49,50)(H2,55,56,57)(H2,58,59,60)/t23-,24-,25-/m0/s1. The van der Waals surface area contributed by atoms with E-state index in [0.717, 1.165) is 36.4 Å². The Balaban J connectivity index is 1.89. The molecule has 0 fully saturated rings. The van der Waals surface area contributed by atoms with Gasteiger partial charge < -0.3 is 41.5 Å². The Bertz CT molecular complexity index is 2380. The lowest BCUT2D eigenvalue weighted by atomic mass is 9.96. The number of nitrogens with one attached hydrogen (secondary N) is 1. The van der Waals surface area contributed by atoms with Crippen LogP contribution in [0.4, 0.5) is 30.7 Å². The molecule has 3 aromatic rings. The van der Waals surface area contributed by atoms with Crippen LogP contribution < -0.4 is 16.8 Å². The number of rotatable bonds is 18. The van der Waals surface area contributed by atoms with Crippen molar-refractivity contribution in [3.05, 3.63) is 105 Å². The molecule has 0 saturated carbocycles. The Morgan fingerprint density at radius 2 is 1.26 bits per heavy atom. The van der Waals surface area contributed by atoms with Crippen molar-refractivity contribution in [3.63, 3.8) is 0 Å². The number of imide groups is 1. The Kier molecular flexibility index (Phi) is 14.5. The van der Waals surface area contributed by atoms with E-state index < -0.39 is 134 Å². The van der Waals surface area contributed by atoms with Gasteiger partial charge in [-0.1, -0.05) is 64.5 Å². The van der Waals surface area contributed by atoms with Crippen LogP contribution in [-0.2, 0) is 58.1 Å². The normalized spacial score (nSPS) is 15.6. The van der Waals surface area contributed by atoms with E-state index in [-0.39, 0.29) is 20.5 Å². The van der Waals surface area contributed by atoms with Crippen LogP contribution >= 0.6 is 31.1 Å². The molecule has 1 aliphatic rings. The van der Waals surface area contributed by atoms with E-state index in [1.165, 1.54) is 0 Å². The molecule has 1 aliphatic heterocycles. The molecule has 4 rings (SSSR count). The zero-order valence-electron chi connectivity index (χ0n) is 30.9. The number of benzene rings is 3. The van der Waals surface area contributed by atoms with Crippen LogP contribution in [0.25, 0.3) is 0 Å². The number of hydrogen-bond donors (Lipinski definition) is 8. The van der Waals surface area contributed by atoms with Gasteiger partial charge in [-0.3, -0.25) is 38.0 Å². The summed E-state index contributed by atoms with van der Waals surface area (Å²) < 4.78 is 123. The van der Waals surface area contributed by atoms with Crippen LogP contribution in [0.1, 0.15) is 51.0 Å². The molecule has 3 atom stereocenters. The lowest BCUT2D eigenvalue weighted by molar-refractivity contribution is -0.166. The molecule has 0 unspecified atom stereocenters. The summed E-state index contributed by atoms with van der Waals surface area (Å²) in [5.74, 6) is -7.43. The summed E-state index contributed by atoms with van der Waals surface area (Å²) in [4.78, 5) is 104. The summed E-state index contributed by atoms with van der Waals surface area (Å²) >= 11 is 2.96. The predicted molar refractivity (Wildman–Crippen MR) is 200 cm³/mol. The third kappa shape index (κ3) is 10.8. The number of nitrogens with zero attached hydrogens (tertiary/aromatic N) is 3. The average Bonchev–Trinajstić information content (AvgIpc) is 3.98. The number of carboxylic acids is 1. The molecule has 62 heavy (non-hydrogen) atoms. The number of amides is 4. The highest BCUT2D eigenvalue weighted by Gasteiger charge is 2.65. The number of hydrogen-bond acceptors (Lipinski definition) is 10. The van der Waals surface area contributed by atoms with Crippen LogP contribution in [0, 0.1) is 0 Å². The van der Waals surface area contributed by atoms with Gasteiger partial charge in [0.05, 0.1) is 6.04 Å². The number of nitrogens with two attached hydrogens (primary N) is 2. The smallest absolute Gasteiger partial charge is 0.442 e. The van der Waals surface area contributed by atoms with Crippen molar-refractivity contribution in [1.82, 2.24) is 10.2 Å². The summed E-state index contributed by atoms with van der Waals surface area (Å²) in [6.07, 6.45) is -8.11. The minimum atomic E-state index is -6.08. The first-order valence-corrected chi connectivity index (χ1v) is 21.2. The van der Waals surface area contributed by atoms with Crippen molar-refractivity contribution in [3.8, 4) is 0 Å². The lowest BCUT2D eigenvalue weighted by Crippen LogP contribution is -2.59. The van der Waals surface area contributed by atoms with Gasteiger partial charge in [-0.05, 0) is 35.7 Å². The SMILES string of the molecule is NC(=O)[C@H](Cc1ccc(C(F)(F)P(=O)(O)O)cc1)N(C(=O)c1cc(Br)cc(C2(C(F)(F)F)N=N2)c1)C(=O)[C@H](Cc1ccc(C(F)(F)P(=O)(O)O)cc1)NC(=O)[C@@H](N)CCC(=O)O. The third-order valence-corrected chi connectivity index (χ3v) is 11.6. The number of primary amides is 1. The second-order valence-electron chi connectivity index (χ2n) is 13.6. The van der Waals surface area contributed by atoms with Crippen LogP contribution in [-0.4, -0.2) is 83.5 Å². The fourth-order valence-corrected chi connectivity index (χ4v) is 7.21. The average molecular weight is 991 g/mol. The highest BCUT2D eigenvalue weighted by atomic mass is 79.9. The molecule has 0 aromatic heterocycles. The summed E-state index contributed by atoms with van der Waals surface area (Å²) in [7, 11) is -12.2. The molecular weight excluding hydrogens is 959 g/mol. The van der Waals surface area contributed by atoms with E-state index >= 15 is 0 Å². The zero-order chi connectivity index (χ0) is 47.0. The van der Waals surface area contributed by atoms with Crippen LogP contribution in [0.15, 0.2) is 81.4 Å². The number of aliphatic carboxylic acids is 1. The Morgan fingerprint density at radius 3 is 1.66 bits per heavy atom. The number of carbonyl (C=O) groups excluding carboxylic acids is 4. The van der Waals surface area contributed by atoms with Gasteiger partial charge >= 0.3 is 44.3 Å². The maximum Gasteiger partial charge on any atom is 0.442 e. The highest BCUT2D eigenvalue weighted by Crippen LogP contribution is 2.60. The van der Waals surface area contributed by atoms with E-state index in [0.29, 0.717) is 30.3 Å².